The van der Waals surface area contributed by atoms with E-state index in [0.717, 1.165) is 29.5 Å². The summed E-state index contributed by atoms with van der Waals surface area (Å²) >= 11 is 0. The van der Waals surface area contributed by atoms with Gasteiger partial charge in [0, 0.05) is 31.8 Å². The first kappa shape index (κ1) is 13.2. The van der Waals surface area contributed by atoms with Crippen molar-refractivity contribution in [3.63, 3.8) is 0 Å². The average Bonchev–Trinajstić information content (AvgIpc) is 2.75. The second-order valence-electron chi connectivity index (χ2n) is 4.36. The smallest absolute Gasteiger partial charge is 0.223 e. The zero-order chi connectivity index (χ0) is 13.8. The Hall–Kier alpha value is -2.24. The number of nitrogens with two attached hydrogens (primary N) is 1. The molecule has 0 fully saturated rings. The molecule has 0 radical (unpaired) electrons. The summed E-state index contributed by atoms with van der Waals surface area (Å²) in [5.74, 6) is 2.70. The van der Waals surface area contributed by atoms with E-state index < -0.39 is 0 Å². The number of nitrogens with zero attached hydrogens (tertiary/aromatic N) is 3. The maximum absolute atomic E-state index is 5.72. The zero-order valence-electron chi connectivity index (χ0n) is 11.5. The number of hydrogen-bond donors (Lipinski definition) is 2. The van der Waals surface area contributed by atoms with Gasteiger partial charge < -0.3 is 20.4 Å². The molecule has 2 heterocycles. The summed E-state index contributed by atoms with van der Waals surface area (Å²) in [6, 6.07) is 3.84. The van der Waals surface area contributed by atoms with E-state index in [1.54, 1.807) is 6.26 Å². The van der Waals surface area contributed by atoms with Crippen molar-refractivity contribution in [3.05, 3.63) is 29.7 Å². The molecule has 19 heavy (non-hydrogen) atoms. The van der Waals surface area contributed by atoms with E-state index in [1.807, 2.05) is 37.9 Å². The molecular weight excluding hydrogens is 242 g/mol. The van der Waals surface area contributed by atoms with Gasteiger partial charge in [-0.25, -0.2) is 0 Å². The van der Waals surface area contributed by atoms with Gasteiger partial charge in [-0.15, -0.1) is 0 Å². The molecule has 3 N–H and O–H groups in total. The van der Waals surface area contributed by atoms with E-state index in [4.69, 9.17) is 10.2 Å². The molecule has 0 bridgehead atoms. The van der Waals surface area contributed by atoms with Gasteiger partial charge in [0.2, 0.25) is 5.95 Å². The maximum Gasteiger partial charge on any atom is 0.223 e. The Morgan fingerprint density at radius 3 is 2.84 bits per heavy atom. The third-order valence-corrected chi connectivity index (χ3v) is 2.85. The lowest BCUT2D eigenvalue weighted by molar-refractivity contribution is 0.529. The predicted molar refractivity (Wildman–Crippen MR) is 76.2 cm³/mol. The Bertz CT molecular complexity index is 552. The molecule has 102 valence electrons. The molecule has 0 spiro atoms. The number of nitrogens with one attached hydrogen (secondary N) is 1. The normalized spacial score (nSPS) is 10.5. The summed E-state index contributed by atoms with van der Waals surface area (Å²) in [6.07, 6.45) is 1.69. The lowest BCUT2D eigenvalue weighted by Crippen LogP contribution is -2.19. The highest BCUT2D eigenvalue weighted by atomic mass is 16.3. The molecule has 0 aliphatic carbocycles. The number of aryl methyl sites for hydroxylation is 1. The van der Waals surface area contributed by atoms with Crippen LogP contribution in [0.5, 0.6) is 0 Å². The monoisotopic (exact) mass is 261 g/mol. The summed E-state index contributed by atoms with van der Waals surface area (Å²) in [5.41, 5.74) is 6.85. The van der Waals surface area contributed by atoms with Gasteiger partial charge in [-0.1, -0.05) is 0 Å². The van der Waals surface area contributed by atoms with Crippen LogP contribution in [0.1, 0.15) is 18.2 Å². The molecule has 0 atom stereocenters. The standard InChI is InChI=1S/C13H19N5O/c1-4-15-11-7-12(17-13(14)16-11)18(3)8-10-5-6-19-9(10)2/h5-7H,4,8H2,1-3H3,(H3,14,15,16,17). The quantitative estimate of drug-likeness (QED) is 0.857. The minimum atomic E-state index is 0.268. The summed E-state index contributed by atoms with van der Waals surface area (Å²) < 4.78 is 5.29. The second kappa shape index (κ2) is 5.60. The van der Waals surface area contributed by atoms with Gasteiger partial charge in [0.05, 0.1) is 6.26 Å². The molecule has 0 aliphatic heterocycles. The summed E-state index contributed by atoms with van der Waals surface area (Å²) in [6.45, 7) is 5.46. The predicted octanol–water partition coefficient (Wildman–Crippen LogP) is 2.03. The van der Waals surface area contributed by atoms with Crippen LogP contribution in [0.3, 0.4) is 0 Å². The van der Waals surface area contributed by atoms with Crippen LogP contribution in [0.25, 0.3) is 0 Å². The molecule has 0 saturated carbocycles. The Morgan fingerprint density at radius 2 is 2.21 bits per heavy atom. The number of rotatable bonds is 5. The minimum absolute atomic E-state index is 0.268. The van der Waals surface area contributed by atoms with Crippen LogP contribution in [0.4, 0.5) is 17.6 Å². The summed E-state index contributed by atoms with van der Waals surface area (Å²) in [7, 11) is 1.96. The van der Waals surface area contributed by atoms with Gasteiger partial charge >= 0.3 is 0 Å². The minimum Gasteiger partial charge on any atom is -0.469 e. The molecule has 0 unspecified atom stereocenters. The van der Waals surface area contributed by atoms with Gasteiger partial charge in [0.25, 0.3) is 0 Å². The Kier molecular flexibility index (Phi) is 3.89. The van der Waals surface area contributed by atoms with Crippen LogP contribution >= 0.6 is 0 Å². The van der Waals surface area contributed by atoms with E-state index >= 15 is 0 Å². The van der Waals surface area contributed by atoms with Gasteiger partial charge in [-0.3, -0.25) is 0 Å². The van der Waals surface area contributed by atoms with Crippen molar-refractivity contribution in [2.75, 3.05) is 29.5 Å². The highest BCUT2D eigenvalue weighted by Gasteiger charge is 2.10. The van der Waals surface area contributed by atoms with Crippen LogP contribution in [0.15, 0.2) is 22.8 Å². The Morgan fingerprint density at radius 1 is 1.42 bits per heavy atom. The van der Waals surface area contributed by atoms with E-state index in [2.05, 4.69) is 15.3 Å². The largest absolute Gasteiger partial charge is 0.469 e. The van der Waals surface area contributed by atoms with E-state index in [-0.39, 0.29) is 5.95 Å². The van der Waals surface area contributed by atoms with Gasteiger partial charge in [-0.05, 0) is 19.9 Å². The lowest BCUT2D eigenvalue weighted by atomic mass is 10.2. The Labute approximate surface area is 112 Å². The molecule has 0 amide bonds. The average molecular weight is 261 g/mol. The van der Waals surface area contributed by atoms with Crippen molar-refractivity contribution in [3.8, 4) is 0 Å². The highest BCUT2D eigenvalue weighted by molar-refractivity contribution is 5.52. The molecule has 6 heteroatoms. The topological polar surface area (TPSA) is 80.2 Å². The van der Waals surface area contributed by atoms with Gasteiger partial charge in [-0.2, -0.15) is 9.97 Å². The molecule has 2 aromatic heterocycles. The van der Waals surface area contributed by atoms with Crippen LogP contribution in [0.2, 0.25) is 0 Å². The molecule has 0 aromatic carbocycles. The molecule has 0 aliphatic rings. The van der Waals surface area contributed by atoms with Crippen LogP contribution in [-0.2, 0) is 6.54 Å². The molecule has 0 saturated heterocycles. The number of furan rings is 1. The lowest BCUT2D eigenvalue weighted by Gasteiger charge is -2.18. The SMILES string of the molecule is CCNc1cc(N(C)Cc2ccoc2C)nc(N)n1. The van der Waals surface area contributed by atoms with Gasteiger partial charge in [0.15, 0.2) is 0 Å². The first-order chi connectivity index (χ1) is 9.10. The second-order valence-corrected chi connectivity index (χ2v) is 4.36. The van der Waals surface area contributed by atoms with E-state index in [0.29, 0.717) is 6.54 Å². The number of hydrogen-bond acceptors (Lipinski definition) is 6. The first-order valence-corrected chi connectivity index (χ1v) is 6.22. The highest BCUT2D eigenvalue weighted by Crippen LogP contribution is 2.19. The third kappa shape index (κ3) is 3.15. The molecule has 2 aromatic rings. The zero-order valence-corrected chi connectivity index (χ0v) is 11.5. The van der Waals surface area contributed by atoms with Crippen molar-refractivity contribution in [1.82, 2.24) is 9.97 Å². The van der Waals surface area contributed by atoms with Crippen molar-refractivity contribution >= 4 is 17.6 Å². The number of aromatic nitrogens is 2. The molecule has 6 nitrogen and oxygen atoms in total. The molecular formula is C13H19N5O. The number of anilines is 3. The van der Waals surface area contributed by atoms with Gasteiger partial charge in [0.1, 0.15) is 17.4 Å². The van der Waals surface area contributed by atoms with E-state index in [1.165, 1.54) is 0 Å². The fourth-order valence-electron chi connectivity index (χ4n) is 1.83. The van der Waals surface area contributed by atoms with E-state index in [9.17, 15) is 0 Å². The third-order valence-electron chi connectivity index (χ3n) is 2.85. The maximum atomic E-state index is 5.72. The van der Waals surface area contributed by atoms with Crippen molar-refractivity contribution in [2.24, 2.45) is 0 Å². The number of nitrogen functional groups attached to an aromatic ring is 1. The van der Waals surface area contributed by atoms with Crippen LogP contribution < -0.4 is 16.0 Å². The fourth-order valence-corrected chi connectivity index (χ4v) is 1.83. The first-order valence-electron chi connectivity index (χ1n) is 6.22. The van der Waals surface area contributed by atoms with Crippen molar-refractivity contribution < 1.29 is 4.42 Å². The molecule has 2 rings (SSSR count). The van der Waals surface area contributed by atoms with Crippen LogP contribution in [0, 0.1) is 6.92 Å². The van der Waals surface area contributed by atoms with Crippen LogP contribution in [-0.4, -0.2) is 23.6 Å². The van der Waals surface area contributed by atoms with Crippen molar-refractivity contribution in [2.45, 2.75) is 20.4 Å². The fraction of sp³-hybridized carbons (Fsp3) is 0.385. The Balaban J connectivity index is 2.18. The summed E-state index contributed by atoms with van der Waals surface area (Å²) in [5, 5.41) is 3.14. The summed E-state index contributed by atoms with van der Waals surface area (Å²) in [4.78, 5) is 10.4. The van der Waals surface area contributed by atoms with Crippen molar-refractivity contribution in [1.29, 1.82) is 0 Å².